The first kappa shape index (κ1) is 26.9. The van der Waals surface area contributed by atoms with Gasteiger partial charge in [0.15, 0.2) is 0 Å². The number of sulfonamides is 1. The van der Waals surface area contributed by atoms with E-state index < -0.39 is 10.0 Å². The Kier molecular flexibility index (Phi) is 8.18. The number of rotatable bonds is 7. The number of hydrogen-bond donors (Lipinski definition) is 2. The molecule has 2 aliphatic rings. The molecule has 3 aromatic carbocycles. The molecule has 0 bridgehead atoms. The molecule has 1 amide bonds. The molecule has 3 aromatic rings. The van der Waals surface area contributed by atoms with Crippen LogP contribution in [0.5, 0.6) is 0 Å². The largest absolute Gasteiger partial charge is 0.368 e. The average Bonchev–Trinajstić information content (AvgIpc) is 2.93. The van der Waals surface area contributed by atoms with Crippen LogP contribution in [0.15, 0.2) is 76.1 Å². The van der Waals surface area contributed by atoms with E-state index in [1.807, 2.05) is 30.3 Å². The van der Waals surface area contributed by atoms with Gasteiger partial charge in [0.25, 0.3) is 5.91 Å². The number of halogens is 1. The van der Waals surface area contributed by atoms with Gasteiger partial charge in [-0.1, -0.05) is 53.2 Å². The maximum atomic E-state index is 14.0. The van der Waals surface area contributed by atoms with Gasteiger partial charge in [0.05, 0.1) is 5.69 Å². The molecule has 0 spiro atoms. The van der Waals surface area contributed by atoms with Crippen molar-refractivity contribution in [2.45, 2.75) is 37.1 Å². The Morgan fingerprint density at radius 1 is 1.00 bits per heavy atom. The molecule has 5 rings (SSSR count). The first-order valence-electron chi connectivity index (χ1n) is 13.1. The lowest BCUT2D eigenvalue weighted by Crippen LogP contribution is -2.46. The summed E-state index contributed by atoms with van der Waals surface area (Å²) in [6.45, 7) is 6.35. The molecular formula is C29H33BrN4O3S. The maximum Gasteiger partial charge on any atom is 0.255 e. The summed E-state index contributed by atoms with van der Waals surface area (Å²) in [6.07, 6.45) is 2.64. The zero-order chi connectivity index (χ0) is 26.7. The fraction of sp³-hybridized carbons (Fsp3) is 0.345. The number of hydrogen-bond acceptors (Lipinski definition) is 5. The highest BCUT2D eigenvalue weighted by Gasteiger charge is 2.30. The molecular weight excluding hydrogens is 564 g/mol. The average molecular weight is 598 g/mol. The summed E-state index contributed by atoms with van der Waals surface area (Å²) in [5, 5.41) is 2.88. The van der Waals surface area contributed by atoms with E-state index in [9.17, 15) is 13.2 Å². The van der Waals surface area contributed by atoms with E-state index in [4.69, 9.17) is 0 Å². The smallest absolute Gasteiger partial charge is 0.255 e. The van der Waals surface area contributed by atoms with E-state index in [1.54, 1.807) is 30.3 Å². The second kappa shape index (κ2) is 11.6. The van der Waals surface area contributed by atoms with Gasteiger partial charge in [-0.3, -0.25) is 4.79 Å². The minimum atomic E-state index is -3.90. The number of anilines is 2. The Labute approximate surface area is 233 Å². The van der Waals surface area contributed by atoms with Crippen LogP contribution in [-0.2, 0) is 16.4 Å². The fourth-order valence-electron chi connectivity index (χ4n) is 5.33. The lowest BCUT2D eigenvalue weighted by Gasteiger charge is -2.36. The summed E-state index contributed by atoms with van der Waals surface area (Å²) >= 11 is 3.40. The number of carbonyl (C=O) groups excluding carboxylic acids is 1. The molecule has 9 heteroatoms. The molecule has 0 radical (unpaired) electrons. The number of aryl methyl sites for hydroxylation is 1. The maximum absolute atomic E-state index is 14.0. The van der Waals surface area contributed by atoms with Gasteiger partial charge in [-0.15, -0.1) is 0 Å². The standard InChI is InChI=1S/C29H33BrN4O3S/c1-2-33-15-17-34(18-16-33)27-14-13-24(31-29(35)22-9-5-10-23(30)19-22)20-28(27)38(36,37)32-26-12-6-8-21-7-3-4-11-25(21)26/h3-5,7,9-11,13-14,19-20,26,32H,2,6,8,12,15-18H2,1H3,(H,31,35)/t26-/m1/s1. The number of amides is 1. The van der Waals surface area contributed by atoms with E-state index in [0.717, 1.165) is 62.0 Å². The summed E-state index contributed by atoms with van der Waals surface area (Å²) < 4.78 is 31.8. The topological polar surface area (TPSA) is 81.8 Å². The van der Waals surface area contributed by atoms with Crippen LogP contribution in [0.2, 0.25) is 0 Å². The molecule has 200 valence electrons. The lowest BCUT2D eigenvalue weighted by atomic mass is 9.88. The summed E-state index contributed by atoms with van der Waals surface area (Å²) in [5.41, 5.74) is 3.82. The Morgan fingerprint density at radius 2 is 1.79 bits per heavy atom. The third kappa shape index (κ3) is 5.96. The summed E-state index contributed by atoms with van der Waals surface area (Å²) in [5.74, 6) is -0.298. The van der Waals surface area contributed by atoms with Gasteiger partial charge in [-0.2, -0.15) is 0 Å². The SMILES string of the molecule is CCN1CCN(c2ccc(NC(=O)c3cccc(Br)c3)cc2S(=O)(=O)N[C@@H]2CCCc3ccccc32)CC1. The van der Waals surface area contributed by atoms with Crippen molar-refractivity contribution in [1.82, 2.24) is 9.62 Å². The van der Waals surface area contributed by atoms with E-state index in [0.29, 0.717) is 16.9 Å². The van der Waals surface area contributed by atoms with Crippen molar-refractivity contribution in [3.63, 3.8) is 0 Å². The van der Waals surface area contributed by atoms with Crippen molar-refractivity contribution in [2.24, 2.45) is 0 Å². The summed E-state index contributed by atoms with van der Waals surface area (Å²) in [4.78, 5) is 17.6. The van der Waals surface area contributed by atoms with Crippen LogP contribution in [0, 0.1) is 0 Å². The van der Waals surface area contributed by atoms with Crippen LogP contribution in [0.4, 0.5) is 11.4 Å². The zero-order valence-corrected chi connectivity index (χ0v) is 23.9. The normalized spacial score (nSPS) is 18.2. The molecule has 0 unspecified atom stereocenters. The second-order valence-electron chi connectivity index (χ2n) is 9.83. The molecule has 1 fully saturated rings. The van der Waals surface area contributed by atoms with Crippen LogP contribution in [-0.4, -0.2) is 51.9 Å². The van der Waals surface area contributed by atoms with Crippen LogP contribution in [0.3, 0.4) is 0 Å². The highest BCUT2D eigenvalue weighted by molar-refractivity contribution is 9.10. The highest BCUT2D eigenvalue weighted by atomic mass is 79.9. The van der Waals surface area contributed by atoms with Crippen molar-refractivity contribution in [1.29, 1.82) is 0 Å². The fourth-order valence-corrected chi connectivity index (χ4v) is 7.23. The molecule has 1 aliphatic carbocycles. The molecule has 1 heterocycles. The highest BCUT2D eigenvalue weighted by Crippen LogP contribution is 2.34. The predicted molar refractivity (Wildman–Crippen MR) is 155 cm³/mol. The number of piperazine rings is 1. The molecule has 0 saturated carbocycles. The minimum Gasteiger partial charge on any atom is -0.368 e. The van der Waals surface area contributed by atoms with Crippen molar-refractivity contribution in [2.75, 3.05) is 42.9 Å². The van der Waals surface area contributed by atoms with Gasteiger partial charge in [0.1, 0.15) is 4.90 Å². The Balaban J connectivity index is 1.47. The van der Waals surface area contributed by atoms with Gasteiger partial charge in [-0.05, 0) is 73.3 Å². The predicted octanol–water partition coefficient (Wildman–Crippen LogP) is 5.20. The minimum absolute atomic E-state index is 0.192. The van der Waals surface area contributed by atoms with E-state index in [1.165, 1.54) is 5.56 Å². The van der Waals surface area contributed by atoms with Crippen molar-refractivity contribution in [3.8, 4) is 0 Å². The van der Waals surface area contributed by atoms with Gasteiger partial charge in [0.2, 0.25) is 10.0 Å². The Bertz CT molecular complexity index is 1420. The molecule has 7 nitrogen and oxygen atoms in total. The molecule has 1 saturated heterocycles. The van der Waals surface area contributed by atoms with E-state index in [2.05, 4.69) is 48.8 Å². The van der Waals surface area contributed by atoms with Crippen molar-refractivity contribution >= 4 is 43.2 Å². The van der Waals surface area contributed by atoms with E-state index in [-0.39, 0.29) is 16.8 Å². The monoisotopic (exact) mass is 596 g/mol. The van der Waals surface area contributed by atoms with Crippen LogP contribution in [0.1, 0.15) is 47.3 Å². The number of likely N-dealkylation sites (N-methyl/N-ethyl adjacent to an activating group) is 1. The summed E-state index contributed by atoms with van der Waals surface area (Å²) in [7, 11) is -3.90. The molecule has 1 atom stereocenters. The van der Waals surface area contributed by atoms with Crippen molar-refractivity contribution < 1.29 is 13.2 Å². The molecule has 1 aliphatic heterocycles. The molecule has 0 aromatic heterocycles. The van der Waals surface area contributed by atoms with Gasteiger partial charge < -0.3 is 15.1 Å². The Morgan fingerprint density at radius 3 is 2.55 bits per heavy atom. The van der Waals surface area contributed by atoms with Crippen LogP contribution < -0.4 is 14.9 Å². The third-order valence-corrected chi connectivity index (χ3v) is 9.42. The number of nitrogens with zero attached hydrogens (tertiary/aromatic N) is 2. The second-order valence-corrected chi connectivity index (χ2v) is 12.4. The molecule has 2 N–H and O–H groups in total. The van der Waals surface area contributed by atoms with Gasteiger partial charge >= 0.3 is 0 Å². The van der Waals surface area contributed by atoms with Crippen LogP contribution >= 0.6 is 15.9 Å². The van der Waals surface area contributed by atoms with Crippen LogP contribution in [0.25, 0.3) is 0 Å². The number of carbonyl (C=O) groups is 1. The van der Waals surface area contributed by atoms with E-state index >= 15 is 0 Å². The first-order chi connectivity index (χ1) is 18.3. The third-order valence-electron chi connectivity index (χ3n) is 7.42. The number of fused-ring (bicyclic) bond motifs is 1. The Hall–Kier alpha value is -2.72. The first-order valence-corrected chi connectivity index (χ1v) is 15.4. The van der Waals surface area contributed by atoms with Gasteiger partial charge in [0, 0.05) is 47.9 Å². The number of benzene rings is 3. The molecule has 38 heavy (non-hydrogen) atoms. The van der Waals surface area contributed by atoms with Gasteiger partial charge in [-0.25, -0.2) is 13.1 Å². The van der Waals surface area contributed by atoms with Crippen molar-refractivity contribution in [3.05, 3.63) is 87.9 Å². The summed E-state index contributed by atoms with van der Waals surface area (Å²) in [6, 6.07) is 20.1. The zero-order valence-electron chi connectivity index (χ0n) is 21.5. The lowest BCUT2D eigenvalue weighted by molar-refractivity contribution is 0.102. The quantitative estimate of drug-likeness (QED) is 0.392. The number of nitrogens with one attached hydrogen (secondary N) is 2.